The van der Waals surface area contributed by atoms with E-state index >= 15 is 0 Å². The highest BCUT2D eigenvalue weighted by Gasteiger charge is 2.27. The molecular weight excluding hydrogens is 256 g/mol. The van der Waals surface area contributed by atoms with Crippen LogP contribution < -0.4 is 0 Å². The van der Waals surface area contributed by atoms with Crippen LogP contribution in [0.25, 0.3) is 0 Å². The summed E-state index contributed by atoms with van der Waals surface area (Å²) >= 11 is 0. The number of aryl methyl sites for hydroxylation is 1. The second-order valence-corrected chi connectivity index (χ2v) is 6.20. The zero-order valence-corrected chi connectivity index (χ0v) is 12.7. The minimum absolute atomic E-state index is 0.00485. The van der Waals surface area contributed by atoms with E-state index in [1.807, 2.05) is 18.7 Å². The molecule has 0 bridgehead atoms. The number of β-amino-alcohol motifs (C(OH)–C–C–N with tert-alkyl or cyclic N) is 1. The highest BCUT2D eigenvalue weighted by atomic mass is 16.3. The zero-order valence-electron chi connectivity index (χ0n) is 12.7. The summed E-state index contributed by atoms with van der Waals surface area (Å²) in [4.78, 5) is 16.4. The average molecular weight is 280 g/mol. The summed E-state index contributed by atoms with van der Waals surface area (Å²) in [5.41, 5.74) is 1.70. The van der Waals surface area contributed by atoms with Gasteiger partial charge in [-0.25, -0.2) is 0 Å². The van der Waals surface area contributed by atoms with Crippen LogP contribution in [0.2, 0.25) is 0 Å². The van der Waals surface area contributed by atoms with E-state index in [2.05, 4.69) is 15.1 Å². The van der Waals surface area contributed by atoms with Gasteiger partial charge in [-0.05, 0) is 27.7 Å². The number of nitrogens with zero attached hydrogens (tertiary/aromatic N) is 3. The van der Waals surface area contributed by atoms with Crippen LogP contribution in [0, 0.1) is 13.8 Å². The van der Waals surface area contributed by atoms with Gasteiger partial charge in [0.2, 0.25) is 0 Å². The van der Waals surface area contributed by atoms with Crippen molar-refractivity contribution in [2.24, 2.45) is 0 Å². The first-order valence-corrected chi connectivity index (χ1v) is 7.03. The van der Waals surface area contributed by atoms with Gasteiger partial charge in [0.05, 0.1) is 5.60 Å². The zero-order chi connectivity index (χ0) is 14.9. The van der Waals surface area contributed by atoms with Crippen molar-refractivity contribution in [3.05, 3.63) is 17.0 Å². The molecule has 0 saturated carbocycles. The molecule has 0 unspecified atom stereocenters. The number of carbonyl (C=O) groups excluding carboxylic acids is 1. The molecule has 112 valence electrons. The fraction of sp³-hybridized carbons (Fsp3) is 0.714. The summed E-state index contributed by atoms with van der Waals surface area (Å²) in [7, 11) is 0. The predicted molar refractivity (Wildman–Crippen MR) is 76.7 cm³/mol. The Morgan fingerprint density at radius 3 is 2.35 bits per heavy atom. The number of aromatic amines is 1. The van der Waals surface area contributed by atoms with Crippen molar-refractivity contribution in [3.63, 3.8) is 0 Å². The molecule has 1 aliphatic heterocycles. The van der Waals surface area contributed by atoms with Gasteiger partial charge in [-0.3, -0.25) is 14.8 Å². The van der Waals surface area contributed by atoms with Crippen LogP contribution in [0.5, 0.6) is 0 Å². The smallest absolute Gasteiger partial charge is 0.274 e. The Kier molecular flexibility index (Phi) is 4.15. The van der Waals surface area contributed by atoms with Crippen LogP contribution in [0.15, 0.2) is 0 Å². The van der Waals surface area contributed by atoms with Crippen molar-refractivity contribution < 1.29 is 9.90 Å². The molecule has 1 aliphatic rings. The molecule has 2 heterocycles. The molecule has 1 fully saturated rings. The van der Waals surface area contributed by atoms with E-state index in [1.165, 1.54) is 0 Å². The molecule has 0 aliphatic carbocycles. The molecule has 1 saturated heterocycles. The van der Waals surface area contributed by atoms with Gasteiger partial charge in [0, 0.05) is 44.0 Å². The van der Waals surface area contributed by atoms with E-state index in [1.54, 1.807) is 13.8 Å². The van der Waals surface area contributed by atoms with Crippen molar-refractivity contribution in [3.8, 4) is 0 Å². The Bertz CT molecular complexity index is 482. The number of hydrogen-bond donors (Lipinski definition) is 2. The Morgan fingerprint density at radius 2 is 1.90 bits per heavy atom. The van der Waals surface area contributed by atoms with Crippen LogP contribution in [-0.2, 0) is 0 Å². The first-order chi connectivity index (χ1) is 9.28. The van der Waals surface area contributed by atoms with Crippen LogP contribution in [0.4, 0.5) is 0 Å². The number of carbonyl (C=O) groups is 1. The number of nitrogens with one attached hydrogen (secondary N) is 1. The van der Waals surface area contributed by atoms with Crippen molar-refractivity contribution in [2.75, 3.05) is 32.7 Å². The largest absolute Gasteiger partial charge is 0.389 e. The summed E-state index contributed by atoms with van der Waals surface area (Å²) < 4.78 is 0. The molecule has 6 heteroatoms. The van der Waals surface area contributed by atoms with Gasteiger partial charge in [0.25, 0.3) is 5.91 Å². The predicted octanol–water partition coefficient (Wildman–Crippen LogP) is 0.555. The van der Waals surface area contributed by atoms with Gasteiger partial charge in [-0.15, -0.1) is 0 Å². The van der Waals surface area contributed by atoms with Gasteiger partial charge in [0.15, 0.2) is 5.69 Å². The van der Waals surface area contributed by atoms with Gasteiger partial charge in [-0.1, -0.05) is 0 Å². The highest BCUT2D eigenvalue weighted by molar-refractivity contribution is 5.94. The van der Waals surface area contributed by atoms with Crippen molar-refractivity contribution in [1.29, 1.82) is 0 Å². The van der Waals surface area contributed by atoms with Gasteiger partial charge >= 0.3 is 0 Å². The number of amides is 1. The molecule has 0 atom stereocenters. The Labute approximate surface area is 119 Å². The van der Waals surface area contributed by atoms with Crippen LogP contribution in [0.3, 0.4) is 0 Å². The Morgan fingerprint density at radius 1 is 1.30 bits per heavy atom. The summed E-state index contributed by atoms with van der Waals surface area (Å²) in [5.74, 6) is -0.00485. The molecule has 1 amide bonds. The molecular formula is C14H24N4O2. The van der Waals surface area contributed by atoms with E-state index in [-0.39, 0.29) is 5.91 Å². The minimum atomic E-state index is -0.692. The van der Waals surface area contributed by atoms with Crippen molar-refractivity contribution in [2.45, 2.75) is 33.3 Å². The summed E-state index contributed by atoms with van der Waals surface area (Å²) in [6.45, 7) is 11.0. The monoisotopic (exact) mass is 280 g/mol. The number of H-pyrrole nitrogens is 1. The standard InChI is InChI=1S/C14H24N4O2/c1-10-11(2)15-16-12(10)13(19)18-7-5-17(6-8-18)9-14(3,4)20/h20H,5-9H2,1-4H3,(H,15,16). The third kappa shape index (κ3) is 3.37. The quantitative estimate of drug-likeness (QED) is 0.848. The SMILES string of the molecule is Cc1[nH]nc(C(=O)N2CCN(CC(C)(C)O)CC2)c1C. The first kappa shape index (κ1) is 15.0. The number of aliphatic hydroxyl groups is 1. The lowest BCUT2D eigenvalue weighted by atomic mass is 10.1. The lowest BCUT2D eigenvalue weighted by molar-refractivity contribution is 0.0177. The van der Waals surface area contributed by atoms with E-state index in [0.29, 0.717) is 25.3 Å². The molecule has 2 rings (SSSR count). The minimum Gasteiger partial charge on any atom is -0.389 e. The molecule has 0 radical (unpaired) electrons. The number of aromatic nitrogens is 2. The van der Waals surface area contributed by atoms with Crippen LogP contribution in [0.1, 0.15) is 35.6 Å². The third-order valence-corrected chi connectivity index (χ3v) is 3.73. The molecule has 1 aromatic heterocycles. The fourth-order valence-corrected chi connectivity index (χ4v) is 2.50. The van der Waals surface area contributed by atoms with Crippen molar-refractivity contribution in [1.82, 2.24) is 20.0 Å². The molecule has 1 aromatic rings. The molecule has 20 heavy (non-hydrogen) atoms. The second-order valence-electron chi connectivity index (χ2n) is 6.20. The van der Waals surface area contributed by atoms with Crippen LogP contribution >= 0.6 is 0 Å². The second kappa shape index (κ2) is 5.54. The van der Waals surface area contributed by atoms with Crippen LogP contribution in [-0.4, -0.2) is 69.3 Å². The lowest BCUT2D eigenvalue weighted by Gasteiger charge is -2.37. The van der Waals surface area contributed by atoms with E-state index in [9.17, 15) is 9.90 Å². The van der Waals surface area contributed by atoms with Gasteiger partial charge < -0.3 is 10.0 Å². The summed E-state index contributed by atoms with van der Waals surface area (Å²) in [5, 5.41) is 16.8. The number of piperazine rings is 1. The van der Waals surface area contributed by atoms with E-state index < -0.39 is 5.60 Å². The molecule has 2 N–H and O–H groups in total. The van der Waals surface area contributed by atoms with Gasteiger partial charge in [0.1, 0.15) is 0 Å². The van der Waals surface area contributed by atoms with Crippen molar-refractivity contribution >= 4 is 5.91 Å². The molecule has 0 aromatic carbocycles. The third-order valence-electron chi connectivity index (χ3n) is 3.73. The first-order valence-electron chi connectivity index (χ1n) is 7.03. The fourth-order valence-electron chi connectivity index (χ4n) is 2.50. The lowest BCUT2D eigenvalue weighted by Crippen LogP contribution is -2.52. The van der Waals surface area contributed by atoms with Gasteiger partial charge in [-0.2, -0.15) is 5.10 Å². The summed E-state index contributed by atoms with van der Waals surface area (Å²) in [6, 6.07) is 0. The Hall–Kier alpha value is -1.40. The van der Waals surface area contributed by atoms with E-state index in [4.69, 9.17) is 0 Å². The maximum Gasteiger partial charge on any atom is 0.274 e. The van der Waals surface area contributed by atoms with E-state index in [0.717, 1.165) is 24.3 Å². The normalized spacial score (nSPS) is 17.6. The number of hydrogen-bond acceptors (Lipinski definition) is 4. The number of rotatable bonds is 3. The topological polar surface area (TPSA) is 72.5 Å². The Balaban J connectivity index is 1.94. The highest BCUT2D eigenvalue weighted by Crippen LogP contribution is 2.14. The average Bonchev–Trinajstić information content (AvgIpc) is 2.68. The maximum atomic E-state index is 12.4. The molecule has 0 spiro atoms. The maximum absolute atomic E-state index is 12.4. The molecule has 6 nitrogen and oxygen atoms in total. The summed E-state index contributed by atoms with van der Waals surface area (Å²) in [6.07, 6.45) is 0.